The monoisotopic (exact) mass is 293 g/mol. The summed E-state index contributed by atoms with van der Waals surface area (Å²) >= 11 is 6.27. The zero-order valence-electron chi connectivity index (χ0n) is 12.4. The highest BCUT2D eigenvalue weighted by Crippen LogP contribution is 2.41. The van der Waals surface area contributed by atoms with E-state index >= 15 is 0 Å². The van der Waals surface area contributed by atoms with Gasteiger partial charge in [0.2, 0.25) is 0 Å². The van der Waals surface area contributed by atoms with Gasteiger partial charge in [0.05, 0.1) is 5.02 Å². The zero-order chi connectivity index (χ0) is 14.2. The standard InChI is InChI=1S/C16H24ClN3/c1-12-5-8-19-16(2,14-3-4-14)11-20(12)10-13-6-7-18-9-15(13)17/h6-7,9,12,14,19H,3-5,8,10-11H2,1-2H3. The molecular formula is C16H24ClN3. The van der Waals surface area contributed by atoms with Crippen molar-refractivity contribution >= 4 is 11.6 Å². The molecule has 2 aliphatic rings. The zero-order valence-corrected chi connectivity index (χ0v) is 13.2. The van der Waals surface area contributed by atoms with Gasteiger partial charge in [-0.15, -0.1) is 0 Å². The molecule has 0 bridgehead atoms. The molecule has 3 nitrogen and oxygen atoms in total. The number of hydrogen-bond acceptors (Lipinski definition) is 3. The van der Waals surface area contributed by atoms with E-state index in [0.29, 0.717) is 6.04 Å². The molecule has 0 aromatic carbocycles. The Morgan fingerprint density at radius 1 is 1.45 bits per heavy atom. The van der Waals surface area contributed by atoms with Gasteiger partial charge in [-0.2, -0.15) is 0 Å². The van der Waals surface area contributed by atoms with Crippen LogP contribution in [0.3, 0.4) is 0 Å². The fraction of sp³-hybridized carbons (Fsp3) is 0.688. The van der Waals surface area contributed by atoms with Crippen molar-refractivity contribution < 1.29 is 0 Å². The van der Waals surface area contributed by atoms with Crippen LogP contribution in [0.2, 0.25) is 5.02 Å². The summed E-state index contributed by atoms with van der Waals surface area (Å²) in [7, 11) is 0. The third-order valence-corrected chi connectivity index (χ3v) is 5.29. The van der Waals surface area contributed by atoms with Crippen LogP contribution in [0.5, 0.6) is 0 Å². The highest BCUT2D eigenvalue weighted by atomic mass is 35.5. The molecule has 2 unspecified atom stereocenters. The number of aromatic nitrogens is 1. The van der Waals surface area contributed by atoms with Gasteiger partial charge in [-0.1, -0.05) is 11.6 Å². The summed E-state index contributed by atoms with van der Waals surface area (Å²) in [5, 5.41) is 4.58. The molecule has 1 aliphatic carbocycles. The number of halogens is 1. The fourth-order valence-corrected chi connectivity index (χ4v) is 3.52. The smallest absolute Gasteiger partial charge is 0.0634 e. The van der Waals surface area contributed by atoms with E-state index < -0.39 is 0 Å². The van der Waals surface area contributed by atoms with Crippen molar-refractivity contribution in [2.24, 2.45) is 5.92 Å². The number of nitrogens with zero attached hydrogens (tertiary/aromatic N) is 2. The van der Waals surface area contributed by atoms with E-state index in [1.54, 1.807) is 6.20 Å². The van der Waals surface area contributed by atoms with E-state index in [-0.39, 0.29) is 5.54 Å². The summed E-state index contributed by atoms with van der Waals surface area (Å²) in [6.45, 7) is 7.87. The summed E-state index contributed by atoms with van der Waals surface area (Å²) in [5.41, 5.74) is 1.46. The molecule has 4 heteroatoms. The van der Waals surface area contributed by atoms with Crippen molar-refractivity contribution in [3.63, 3.8) is 0 Å². The summed E-state index contributed by atoms with van der Waals surface area (Å²) < 4.78 is 0. The predicted molar refractivity (Wildman–Crippen MR) is 82.9 cm³/mol. The second kappa shape index (κ2) is 5.63. The first-order chi connectivity index (χ1) is 9.58. The first-order valence-corrected chi connectivity index (χ1v) is 8.04. The van der Waals surface area contributed by atoms with Crippen LogP contribution in [-0.2, 0) is 6.54 Å². The molecule has 1 aromatic rings. The lowest BCUT2D eigenvalue weighted by atomic mass is 9.95. The molecule has 2 fully saturated rings. The number of rotatable bonds is 3. The van der Waals surface area contributed by atoms with Crippen molar-refractivity contribution in [3.8, 4) is 0 Å². The lowest BCUT2D eigenvalue weighted by Gasteiger charge is -2.36. The van der Waals surface area contributed by atoms with Gasteiger partial charge < -0.3 is 5.32 Å². The van der Waals surface area contributed by atoms with E-state index in [2.05, 4.69) is 29.0 Å². The Labute approximate surface area is 126 Å². The van der Waals surface area contributed by atoms with Crippen LogP contribution in [0, 0.1) is 5.92 Å². The molecule has 20 heavy (non-hydrogen) atoms. The first-order valence-electron chi connectivity index (χ1n) is 7.66. The predicted octanol–water partition coefficient (Wildman–Crippen LogP) is 3.09. The Bertz CT molecular complexity index is 475. The first kappa shape index (κ1) is 14.3. The third-order valence-electron chi connectivity index (χ3n) is 4.95. The van der Waals surface area contributed by atoms with Crippen LogP contribution < -0.4 is 5.32 Å². The molecule has 1 saturated carbocycles. The summed E-state index contributed by atoms with van der Waals surface area (Å²) in [6.07, 6.45) is 7.54. The number of pyridine rings is 1. The lowest BCUT2D eigenvalue weighted by Crippen LogP contribution is -2.51. The van der Waals surface area contributed by atoms with Gasteiger partial charge in [-0.05, 0) is 57.2 Å². The van der Waals surface area contributed by atoms with Crippen molar-refractivity contribution in [3.05, 3.63) is 29.0 Å². The van der Waals surface area contributed by atoms with Gasteiger partial charge in [0.1, 0.15) is 0 Å². The molecule has 3 rings (SSSR count). The molecule has 1 saturated heterocycles. The molecule has 0 radical (unpaired) electrons. The van der Waals surface area contributed by atoms with Gasteiger partial charge in [-0.3, -0.25) is 9.88 Å². The van der Waals surface area contributed by atoms with Gasteiger partial charge >= 0.3 is 0 Å². The number of hydrogen-bond donors (Lipinski definition) is 1. The molecular weight excluding hydrogens is 270 g/mol. The largest absolute Gasteiger partial charge is 0.310 e. The number of nitrogens with one attached hydrogen (secondary N) is 1. The van der Waals surface area contributed by atoms with Gasteiger partial charge in [-0.25, -0.2) is 0 Å². The normalized spacial score (nSPS) is 32.0. The highest BCUT2D eigenvalue weighted by molar-refractivity contribution is 6.31. The van der Waals surface area contributed by atoms with Crippen LogP contribution in [0.15, 0.2) is 18.5 Å². The molecule has 110 valence electrons. The average Bonchev–Trinajstić information content (AvgIpc) is 3.24. The fourth-order valence-electron chi connectivity index (χ4n) is 3.34. The maximum atomic E-state index is 6.27. The maximum Gasteiger partial charge on any atom is 0.0634 e. The van der Waals surface area contributed by atoms with Crippen LogP contribution in [0.25, 0.3) is 0 Å². The minimum Gasteiger partial charge on any atom is -0.310 e. The summed E-state index contributed by atoms with van der Waals surface area (Å²) in [5.74, 6) is 0.850. The molecule has 2 atom stereocenters. The molecule has 1 aliphatic heterocycles. The quantitative estimate of drug-likeness (QED) is 0.928. The van der Waals surface area contributed by atoms with Crippen molar-refractivity contribution in [1.82, 2.24) is 15.2 Å². The molecule has 0 amide bonds. The molecule has 1 aromatic heterocycles. The Morgan fingerprint density at radius 3 is 2.95 bits per heavy atom. The minimum absolute atomic E-state index is 0.268. The SMILES string of the molecule is CC1CCNC(C)(C2CC2)CN1Cc1ccncc1Cl. The lowest BCUT2D eigenvalue weighted by molar-refractivity contribution is 0.155. The van der Waals surface area contributed by atoms with Crippen LogP contribution in [0.1, 0.15) is 38.7 Å². The summed E-state index contributed by atoms with van der Waals surface area (Å²) in [4.78, 5) is 6.66. The Morgan fingerprint density at radius 2 is 2.25 bits per heavy atom. The Balaban J connectivity index is 1.77. The third kappa shape index (κ3) is 3.00. The van der Waals surface area contributed by atoms with Crippen LogP contribution >= 0.6 is 11.6 Å². The Hall–Kier alpha value is -0.640. The van der Waals surface area contributed by atoms with Crippen LogP contribution in [0.4, 0.5) is 0 Å². The van der Waals surface area contributed by atoms with Gasteiger partial charge in [0, 0.05) is 37.1 Å². The van der Waals surface area contributed by atoms with Crippen molar-refractivity contribution in [2.75, 3.05) is 13.1 Å². The average molecular weight is 294 g/mol. The van der Waals surface area contributed by atoms with Crippen LogP contribution in [-0.4, -0.2) is 34.6 Å². The van der Waals surface area contributed by atoms with E-state index in [9.17, 15) is 0 Å². The molecule has 2 heterocycles. The van der Waals surface area contributed by atoms with Crippen molar-refractivity contribution in [1.29, 1.82) is 0 Å². The molecule has 1 N–H and O–H groups in total. The van der Waals surface area contributed by atoms with E-state index in [1.807, 2.05) is 12.3 Å². The minimum atomic E-state index is 0.268. The van der Waals surface area contributed by atoms with E-state index in [1.165, 1.54) is 24.8 Å². The summed E-state index contributed by atoms with van der Waals surface area (Å²) in [6, 6.07) is 2.63. The second-order valence-electron chi connectivity index (χ2n) is 6.63. The van der Waals surface area contributed by atoms with E-state index in [0.717, 1.165) is 30.6 Å². The highest BCUT2D eigenvalue weighted by Gasteiger charge is 2.43. The molecule has 0 spiro atoms. The second-order valence-corrected chi connectivity index (χ2v) is 7.04. The van der Waals surface area contributed by atoms with Gasteiger partial charge in [0.15, 0.2) is 0 Å². The Kier molecular flexibility index (Phi) is 4.02. The van der Waals surface area contributed by atoms with E-state index in [4.69, 9.17) is 11.6 Å². The topological polar surface area (TPSA) is 28.2 Å². The maximum absolute atomic E-state index is 6.27. The van der Waals surface area contributed by atoms with Gasteiger partial charge in [0.25, 0.3) is 0 Å². The van der Waals surface area contributed by atoms with Crippen molar-refractivity contribution in [2.45, 2.75) is 51.2 Å².